The molecular formula is C11H17N3O. The first-order valence-corrected chi connectivity index (χ1v) is 5.08. The van der Waals surface area contributed by atoms with Crippen LogP contribution in [0.25, 0.3) is 0 Å². The predicted molar refractivity (Wildman–Crippen MR) is 61.6 cm³/mol. The molecule has 1 rings (SSSR count). The third-order valence-corrected chi connectivity index (χ3v) is 2.14. The van der Waals surface area contributed by atoms with Gasteiger partial charge < -0.3 is 16.8 Å². The predicted octanol–water partition coefficient (Wildman–Crippen LogP) is 1.46. The Hall–Kier alpha value is -1.55. The molecule has 0 aromatic heterocycles. The molecule has 0 saturated heterocycles. The molecule has 0 radical (unpaired) electrons. The van der Waals surface area contributed by atoms with Gasteiger partial charge in [0.1, 0.15) is 0 Å². The molecule has 2 amide bonds. The Labute approximate surface area is 89.6 Å². The van der Waals surface area contributed by atoms with Gasteiger partial charge in [0.25, 0.3) is 0 Å². The molecule has 0 unspecified atom stereocenters. The maximum Gasteiger partial charge on any atom is 0.316 e. The first-order valence-electron chi connectivity index (χ1n) is 5.08. The summed E-state index contributed by atoms with van der Waals surface area (Å²) in [5, 5.41) is 2.52. The normalized spacial score (nSPS) is 9.93. The van der Waals surface area contributed by atoms with Crippen molar-refractivity contribution in [1.29, 1.82) is 0 Å². The van der Waals surface area contributed by atoms with E-state index in [9.17, 15) is 4.79 Å². The van der Waals surface area contributed by atoms with Crippen LogP contribution in [0.5, 0.6) is 0 Å². The van der Waals surface area contributed by atoms with E-state index in [0.29, 0.717) is 0 Å². The SMILES string of the molecule is NCCCCc1ccc(NC(N)=O)cc1. The number of carbonyl (C=O) groups excluding carboxylic acids is 1. The Balaban J connectivity index is 2.45. The van der Waals surface area contributed by atoms with Crippen LogP contribution in [0.4, 0.5) is 10.5 Å². The molecule has 1 aromatic rings. The number of benzene rings is 1. The van der Waals surface area contributed by atoms with Gasteiger partial charge in [-0.3, -0.25) is 0 Å². The summed E-state index contributed by atoms with van der Waals surface area (Å²) in [5.74, 6) is 0. The van der Waals surface area contributed by atoms with Gasteiger partial charge in [0.15, 0.2) is 0 Å². The summed E-state index contributed by atoms with van der Waals surface area (Å²) in [4.78, 5) is 10.6. The lowest BCUT2D eigenvalue weighted by Crippen LogP contribution is -2.19. The average molecular weight is 207 g/mol. The molecule has 4 nitrogen and oxygen atoms in total. The van der Waals surface area contributed by atoms with Gasteiger partial charge in [0.2, 0.25) is 0 Å². The lowest BCUT2D eigenvalue weighted by molar-refractivity contribution is 0.259. The minimum absolute atomic E-state index is 0.536. The Kier molecular flexibility index (Phi) is 4.63. The molecule has 4 heteroatoms. The first-order chi connectivity index (χ1) is 7.22. The summed E-state index contributed by atoms with van der Waals surface area (Å²) in [5.41, 5.74) is 12.4. The number of hydrogen-bond acceptors (Lipinski definition) is 2. The van der Waals surface area contributed by atoms with Gasteiger partial charge in [-0.25, -0.2) is 4.79 Å². The summed E-state index contributed by atoms with van der Waals surface area (Å²) < 4.78 is 0. The minimum Gasteiger partial charge on any atom is -0.351 e. The topological polar surface area (TPSA) is 81.1 Å². The second-order valence-corrected chi connectivity index (χ2v) is 3.43. The number of unbranched alkanes of at least 4 members (excludes halogenated alkanes) is 1. The van der Waals surface area contributed by atoms with Crippen LogP contribution in [0.2, 0.25) is 0 Å². The molecular weight excluding hydrogens is 190 g/mol. The molecule has 0 fully saturated rings. The highest BCUT2D eigenvalue weighted by atomic mass is 16.2. The van der Waals surface area contributed by atoms with E-state index < -0.39 is 6.03 Å². The molecule has 0 heterocycles. The highest BCUT2D eigenvalue weighted by Gasteiger charge is 1.96. The smallest absolute Gasteiger partial charge is 0.316 e. The van der Waals surface area contributed by atoms with Crippen molar-refractivity contribution in [2.45, 2.75) is 19.3 Å². The van der Waals surface area contributed by atoms with Crippen LogP contribution in [0.3, 0.4) is 0 Å². The molecule has 0 spiro atoms. The Morgan fingerprint density at radius 1 is 1.20 bits per heavy atom. The molecule has 0 aliphatic heterocycles. The monoisotopic (exact) mass is 207 g/mol. The molecule has 5 N–H and O–H groups in total. The lowest BCUT2D eigenvalue weighted by atomic mass is 10.1. The fraction of sp³-hybridized carbons (Fsp3) is 0.364. The van der Waals surface area contributed by atoms with Crippen LogP contribution >= 0.6 is 0 Å². The number of nitrogens with one attached hydrogen (secondary N) is 1. The highest BCUT2D eigenvalue weighted by Crippen LogP contribution is 2.11. The van der Waals surface area contributed by atoms with Crippen LogP contribution in [0.1, 0.15) is 18.4 Å². The summed E-state index contributed by atoms with van der Waals surface area (Å²) in [6.07, 6.45) is 3.16. The van der Waals surface area contributed by atoms with E-state index >= 15 is 0 Å². The zero-order valence-corrected chi connectivity index (χ0v) is 8.70. The fourth-order valence-corrected chi connectivity index (χ4v) is 1.37. The van der Waals surface area contributed by atoms with Crippen molar-refractivity contribution < 1.29 is 4.79 Å². The van der Waals surface area contributed by atoms with Crippen molar-refractivity contribution >= 4 is 11.7 Å². The third kappa shape index (κ3) is 4.46. The van der Waals surface area contributed by atoms with Crippen LogP contribution in [0, 0.1) is 0 Å². The van der Waals surface area contributed by atoms with E-state index in [1.165, 1.54) is 5.56 Å². The summed E-state index contributed by atoms with van der Waals surface area (Å²) in [6, 6.07) is 7.14. The van der Waals surface area contributed by atoms with Gasteiger partial charge in [-0.05, 0) is 43.5 Å². The lowest BCUT2D eigenvalue weighted by Gasteiger charge is -2.04. The van der Waals surface area contributed by atoms with E-state index in [1.807, 2.05) is 24.3 Å². The van der Waals surface area contributed by atoms with Crippen molar-refractivity contribution in [3.63, 3.8) is 0 Å². The van der Waals surface area contributed by atoms with E-state index in [1.54, 1.807) is 0 Å². The number of anilines is 1. The van der Waals surface area contributed by atoms with Gasteiger partial charge in [-0.15, -0.1) is 0 Å². The second-order valence-electron chi connectivity index (χ2n) is 3.43. The Morgan fingerprint density at radius 3 is 2.40 bits per heavy atom. The average Bonchev–Trinajstić information content (AvgIpc) is 2.20. The summed E-state index contributed by atoms with van der Waals surface area (Å²) in [6.45, 7) is 0.737. The summed E-state index contributed by atoms with van der Waals surface area (Å²) >= 11 is 0. The van der Waals surface area contributed by atoms with E-state index in [-0.39, 0.29) is 0 Å². The van der Waals surface area contributed by atoms with Gasteiger partial charge in [0, 0.05) is 5.69 Å². The molecule has 82 valence electrons. The van der Waals surface area contributed by atoms with Crippen molar-refractivity contribution in [3.05, 3.63) is 29.8 Å². The van der Waals surface area contributed by atoms with Crippen LogP contribution in [-0.2, 0) is 6.42 Å². The zero-order valence-electron chi connectivity index (χ0n) is 8.70. The standard InChI is InChI=1S/C11H17N3O/c12-8-2-1-3-9-4-6-10(7-5-9)14-11(13)15/h4-7H,1-3,8,12H2,(H3,13,14,15). The van der Waals surface area contributed by atoms with E-state index in [0.717, 1.165) is 31.5 Å². The van der Waals surface area contributed by atoms with Crippen molar-refractivity contribution in [1.82, 2.24) is 0 Å². The number of carbonyl (C=O) groups is 1. The molecule has 0 saturated carbocycles. The number of rotatable bonds is 5. The zero-order chi connectivity index (χ0) is 11.1. The third-order valence-electron chi connectivity index (χ3n) is 2.14. The minimum atomic E-state index is -0.536. The number of urea groups is 1. The molecule has 15 heavy (non-hydrogen) atoms. The van der Waals surface area contributed by atoms with Gasteiger partial charge >= 0.3 is 6.03 Å². The van der Waals surface area contributed by atoms with Crippen molar-refractivity contribution in [2.24, 2.45) is 11.5 Å². The number of amides is 2. The van der Waals surface area contributed by atoms with E-state index in [2.05, 4.69) is 5.32 Å². The number of nitrogens with two attached hydrogens (primary N) is 2. The first kappa shape index (κ1) is 11.5. The van der Waals surface area contributed by atoms with E-state index in [4.69, 9.17) is 11.5 Å². The number of primary amides is 1. The van der Waals surface area contributed by atoms with Gasteiger partial charge in [-0.2, -0.15) is 0 Å². The molecule has 0 atom stereocenters. The summed E-state index contributed by atoms with van der Waals surface area (Å²) in [7, 11) is 0. The number of aryl methyl sites for hydroxylation is 1. The quantitative estimate of drug-likeness (QED) is 0.639. The van der Waals surface area contributed by atoms with Crippen LogP contribution in [-0.4, -0.2) is 12.6 Å². The van der Waals surface area contributed by atoms with Crippen LogP contribution < -0.4 is 16.8 Å². The maximum absolute atomic E-state index is 10.6. The van der Waals surface area contributed by atoms with Crippen molar-refractivity contribution in [3.8, 4) is 0 Å². The molecule has 0 bridgehead atoms. The second kappa shape index (κ2) is 6.03. The van der Waals surface area contributed by atoms with Crippen LogP contribution in [0.15, 0.2) is 24.3 Å². The van der Waals surface area contributed by atoms with Gasteiger partial charge in [0.05, 0.1) is 0 Å². The molecule has 0 aliphatic carbocycles. The molecule has 0 aliphatic rings. The number of hydrogen-bond donors (Lipinski definition) is 3. The van der Waals surface area contributed by atoms with Gasteiger partial charge in [-0.1, -0.05) is 12.1 Å². The molecule has 1 aromatic carbocycles. The highest BCUT2D eigenvalue weighted by molar-refractivity contribution is 5.87. The largest absolute Gasteiger partial charge is 0.351 e. The Bertz CT molecular complexity index is 308. The van der Waals surface area contributed by atoms with Crippen molar-refractivity contribution in [2.75, 3.05) is 11.9 Å². The maximum atomic E-state index is 10.6. The fourth-order valence-electron chi connectivity index (χ4n) is 1.37. The Morgan fingerprint density at radius 2 is 1.87 bits per heavy atom.